The lowest BCUT2D eigenvalue weighted by atomic mass is 10.1. The number of carbonyl (C=O) groups is 1. The highest BCUT2D eigenvalue weighted by Crippen LogP contribution is 2.30. The molecule has 1 aromatic rings. The lowest BCUT2D eigenvalue weighted by Crippen LogP contribution is -2.29. The van der Waals surface area contributed by atoms with E-state index in [2.05, 4.69) is 10.6 Å². The van der Waals surface area contributed by atoms with Gasteiger partial charge in [-0.05, 0) is 36.6 Å². The minimum absolute atomic E-state index is 0.0809. The number of carbonyl (C=O) groups excluding carboxylic acids is 1. The van der Waals surface area contributed by atoms with Crippen LogP contribution in [0.3, 0.4) is 0 Å². The standard InChI is InChI=1S/C14H16F4N2O/c15-11-6-9(5-10(7-11)14(16,17)18)8-19-4-3-13(21)20-12-1-2-12/h5-7,12,19H,1-4,8H2,(H,20,21). The third-order valence-corrected chi connectivity index (χ3v) is 3.09. The van der Waals surface area contributed by atoms with Crippen LogP contribution in [-0.4, -0.2) is 18.5 Å². The lowest BCUT2D eigenvalue weighted by Gasteiger charge is -2.10. The summed E-state index contributed by atoms with van der Waals surface area (Å²) in [6.07, 6.45) is -2.32. The van der Waals surface area contributed by atoms with Crippen molar-refractivity contribution in [3.63, 3.8) is 0 Å². The van der Waals surface area contributed by atoms with E-state index < -0.39 is 17.6 Å². The topological polar surface area (TPSA) is 41.1 Å². The summed E-state index contributed by atoms with van der Waals surface area (Å²) in [5, 5.41) is 5.64. The summed E-state index contributed by atoms with van der Waals surface area (Å²) in [6.45, 7) is 0.411. The van der Waals surface area contributed by atoms with E-state index in [1.807, 2.05) is 0 Å². The number of rotatable bonds is 6. The van der Waals surface area contributed by atoms with Gasteiger partial charge >= 0.3 is 6.18 Å². The molecule has 1 fully saturated rings. The molecule has 0 atom stereocenters. The van der Waals surface area contributed by atoms with Gasteiger partial charge in [0.05, 0.1) is 5.56 Å². The van der Waals surface area contributed by atoms with E-state index in [0.29, 0.717) is 12.6 Å². The van der Waals surface area contributed by atoms with Crippen molar-refractivity contribution in [1.82, 2.24) is 10.6 Å². The molecule has 0 aliphatic heterocycles. The van der Waals surface area contributed by atoms with Crippen LogP contribution in [0.5, 0.6) is 0 Å². The van der Waals surface area contributed by atoms with Crippen molar-refractivity contribution < 1.29 is 22.4 Å². The van der Waals surface area contributed by atoms with Gasteiger partial charge in [-0.25, -0.2) is 4.39 Å². The third kappa shape index (κ3) is 5.34. The monoisotopic (exact) mass is 304 g/mol. The van der Waals surface area contributed by atoms with Crippen LogP contribution in [0.1, 0.15) is 30.4 Å². The maximum Gasteiger partial charge on any atom is 0.416 e. The van der Waals surface area contributed by atoms with Crippen molar-refractivity contribution in [1.29, 1.82) is 0 Å². The van der Waals surface area contributed by atoms with Gasteiger partial charge in [-0.1, -0.05) is 0 Å². The van der Waals surface area contributed by atoms with Crippen LogP contribution in [0.25, 0.3) is 0 Å². The highest BCUT2D eigenvalue weighted by Gasteiger charge is 2.31. The molecule has 1 aromatic carbocycles. The molecule has 0 saturated heterocycles. The summed E-state index contributed by atoms with van der Waals surface area (Å²) in [5.41, 5.74) is -0.810. The number of nitrogens with one attached hydrogen (secondary N) is 2. The Balaban J connectivity index is 1.79. The number of alkyl halides is 3. The van der Waals surface area contributed by atoms with Crippen molar-refractivity contribution in [3.8, 4) is 0 Å². The van der Waals surface area contributed by atoms with Gasteiger partial charge in [0.25, 0.3) is 0 Å². The van der Waals surface area contributed by atoms with Gasteiger partial charge in [0.2, 0.25) is 5.91 Å². The summed E-state index contributed by atoms with van der Waals surface area (Å²) in [7, 11) is 0. The van der Waals surface area contributed by atoms with Gasteiger partial charge < -0.3 is 10.6 Å². The molecule has 0 aromatic heterocycles. The second-order valence-electron chi connectivity index (χ2n) is 5.11. The van der Waals surface area contributed by atoms with Crippen LogP contribution in [-0.2, 0) is 17.5 Å². The lowest BCUT2D eigenvalue weighted by molar-refractivity contribution is -0.137. The Morgan fingerprint density at radius 3 is 2.57 bits per heavy atom. The summed E-state index contributed by atoms with van der Waals surface area (Å²) in [6, 6.07) is 2.70. The second kappa shape index (κ2) is 6.43. The van der Waals surface area contributed by atoms with Gasteiger partial charge in [0.15, 0.2) is 0 Å². The number of benzene rings is 1. The van der Waals surface area contributed by atoms with Crippen LogP contribution in [0.15, 0.2) is 18.2 Å². The predicted octanol–water partition coefficient (Wildman–Crippen LogP) is 2.60. The molecule has 1 amide bonds. The van der Waals surface area contributed by atoms with E-state index in [4.69, 9.17) is 0 Å². The normalized spacial score (nSPS) is 15.0. The van der Waals surface area contributed by atoms with Crippen molar-refractivity contribution in [2.24, 2.45) is 0 Å². The number of halogens is 4. The van der Waals surface area contributed by atoms with Gasteiger partial charge in [-0.15, -0.1) is 0 Å². The maximum atomic E-state index is 13.2. The molecule has 3 nitrogen and oxygen atoms in total. The molecule has 7 heteroatoms. The zero-order valence-electron chi connectivity index (χ0n) is 11.3. The first-order valence-corrected chi connectivity index (χ1v) is 6.71. The molecule has 1 saturated carbocycles. The Morgan fingerprint density at radius 2 is 1.95 bits per heavy atom. The Bertz CT molecular complexity index is 512. The summed E-state index contributed by atoms with van der Waals surface area (Å²) in [4.78, 5) is 11.4. The average molecular weight is 304 g/mol. The molecule has 116 valence electrons. The largest absolute Gasteiger partial charge is 0.416 e. The van der Waals surface area contributed by atoms with Gasteiger partial charge in [-0.2, -0.15) is 13.2 Å². The molecular formula is C14H16F4N2O. The molecule has 1 aliphatic carbocycles. The van der Waals surface area contributed by atoms with Crippen LogP contribution >= 0.6 is 0 Å². The van der Waals surface area contributed by atoms with Gasteiger partial charge in [0, 0.05) is 25.6 Å². The second-order valence-corrected chi connectivity index (χ2v) is 5.11. The van der Waals surface area contributed by atoms with E-state index in [1.54, 1.807) is 0 Å². The molecule has 0 unspecified atom stereocenters. The first kappa shape index (κ1) is 15.8. The predicted molar refractivity (Wildman–Crippen MR) is 68.9 cm³/mol. The van der Waals surface area contributed by atoms with E-state index in [9.17, 15) is 22.4 Å². The summed E-state index contributed by atoms with van der Waals surface area (Å²) in [5.74, 6) is -1.01. The van der Waals surface area contributed by atoms with Crippen LogP contribution < -0.4 is 10.6 Å². The molecule has 2 rings (SSSR count). The fourth-order valence-corrected chi connectivity index (χ4v) is 1.88. The average Bonchev–Trinajstić information content (AvgIpc) is 3.17. The van der Waals surface area contributed by atoms with Crippen LogP contribution in [0.4, 0.5) is 17.6 Å². The molecule has 21 heavy (non-hydrogen) atoms. The van der Waals surface area contributed by atoms with E-state index >= 15 is 0 Å². The van der Waals surface area contributed by atoms with E-state index in [-0.39, 0.29) is 30.5 Å². The molecule has 0 spiro atoms. The highest BCUT2D eigenvalue weighted by molar-refractivity contribution is 5.76. The SMILES string of the molecule is O=C(CCNCc1cc(F)cc(C(F)(F)F)c1)NC1CC1. The van der Waals surface area contributed by atoms with Crippen molar-refractivity contribution in [2.45, 2.75) is 38.0 Å². The minimum Gasteiger partial charge on any atom is -0.353 e. The molecule has 2 N–H and O–H groups in total. The first-order chi connectivity index (χ1) is 9.84. The molecule has 0 heterocycles. The number of amides is 1. The maximum absolute atomic E-state index is 13.2. The van der Waals surface area contributed by atoms with Crippen molar-refractivity contribution in [2.75, 3.05) is 6.54 Å². The Hall–Kier alpha value is -1.63. The Morgan fingerprint density at radius 1 is 1.24 bits per heavy atom. The zero-order chi connectivity index (χ0) is 15.5. The highest BCUT2D eigenvalue weighted by atomic mass is 19.4. The van der Waals surface area contributed by atoms with E-state index in [1.165, 1.54) is 0 Å². The first-order valence-electron chi connectivity index (χ1n) is 6.71. The zero-order valence-corrected chi connectivity index (χ0v) is 11.3. The minimum atomic E-state index is -4.57. The number of hydrogen-bond donors (Lipinski definition) is 2. The van der Waals surface area contributed by atoms with Crippen molar-refractivity contribution >= 4 is 5.91 Å². The summed E-state index contributed by atoms with van der Waals surface area (Å²) >= 11 is 0. The smallest absolute Gasteiger partial charge is 0.353 e. The van der Waals surface area contributed by atoms with Crippen molar-refractivity contribution in [3.05, 3.63) is 35.1 Å². The molecule has 1 aliphatic rings. The molecule has 0 radical (unpaired) electrons. The Labute approximate surface area is 119 Å². The summed E-state index contributed by atoms with van der Waals surface area (Å²) < 4.78 is 50.7. The molecule has 0 bridgehead atoms. The van der Waals surface area contributed by atoms with Gasteiger partial charge in [0.1, 0.15) is 5.82 Å². The van der Waals surface area contributed by atoms with Gasteiger partial charge in [-0.3, -0.25) is 4.79 Å². The quantitative estimate of drug-likeness (QED) is 0.626. The molecular weight excluding hydrogens is 288 g/mol. The van der Waals surface area contributed by atoms with E-state index in [0.717, 1.165) is 25.0 Å². The number of hydrogen-bond acceptors (Lipinski definition) is 2. The third-order valence-electron chi connectivity index (χ3n) is 3.09. The Kier molecular flexibility index (Phi) is 4.82. The fraction of sp³-hybridized carbons (Fsp3) is 0.500. The van der Waals surface area contributed by atoms with Crippen LogP contribution in [0.2, 0.25) is 0 Å². The fourth-order valence-electron chi connectivity index (χ4n) is 1.88. The van der Waals surface area contributed by atoms with Crippen LogP contribution in [0, 0.1) is 5.82 Å².